The molecule has 23 heavy (non-hydrogen) atoms. The van der Waals surface area contributed by atoms with Crippen molar-refractivity contribution in [1.82, 2.24) is 0 Å². The third-order valence-corrected chi connectivity index (χ3v) is 6.98. The van der Waals surface area contributed by atoms with Crippen LogP contribution < -0.4 is 0 Å². The summed E-state index contributed by atoms with van der Waals surface area (Å²) in [7, 11) is 0. The number of phenolic OH excluding ortho intramolecular Hbond substituents is 1. The van der Waals surface area contributed by atoms with Crippen LogP contribution in [0.15, 0.2) is 12.1 Å². The van der Waals surface area contributed by atoms with Crippen LogP contribution in [0.1, 0.15) is 61.6 Å². The van der Waals surface area contributed by atoms with Crippen LogP contribution in [0, 0.1) is 29.3 Å². The van der Waals surface area contributed by atoms with Gasteiger partial charge in [-0.15, -0.1) is 0 Å². The van der Waals surface area contributed by atoms with Crippen LogP contribution in [0.4, 0.5) is 0 Å². The molecule has 3 N–H and O–H groups in total. The molecule has 4 rings (SSSR count). The summed E-state index contributed by atoms with van der Waals surface area (Å²) in [5.74, 6) is 4.49. The highest BCUT2D eigenvalue weighted by Gasteiger charge is 2.54. The monoisotopic (exact) mass is 312 g/mol. The Balaban J connectivity index is 1.74. The molecular formula is C20H24O3. The van der Waals surface area contributed by atoms with E-state index in [1.807, 2.05) is 18.2 Å². The quantitative estimate of drug-likeness (QED) is 0.644. The number of aliphatic hydroxyl groups excluding tert-OH is 2. The van der Waals surface area contributed by atoms with Gasteiger partial charge < -0.3 is 15.3 Å². The zero-order valence-electron chi connectivity index (χ0n) is 13.5. The van der Waals surface area contributed by atoms with Crippen LogP contribution in [0.3, 0.4) is 0 Å². The number of hydrogen-bond donors (Lipinski definition) is 3. The van der Waals surface area contributed by atoms with Gasteiger partial charge in [-0.2, -0.15) is 0 Å². The van der Waals surface area contributed by atoms with E-state index >= 15 is 0 Å². The van der Waals surface area contributed by atoms with Crippen LogP contribution in [0.2, 0.25) is 0 Å². The Morgan fingerprint density at radius 2 is 2.00 bits per heavy atom. The molecule has 0 bridgehead atoms. The molecule has 0 aliphatic heterocycles. The number of benzene rings is 1. The van der Waals surface area contributed by atoms with E-state index in [4.69, 9.17) is 5.11 Å². The summed E-state index contributed by atoms with van der Waals surface area (Å²) in [6.07, 6.45) is 8.13. The van der Waals surface area contributed by atoms with E-state index < -0.39 is 0 Å². The molecule has 5 atom stereocenters. The van der Waals surface area contributed by atoms with E-state index in [2.05, 4.69) is 12.8 Å². The van der Waals surface area contributed by atoms with Crippen molar-refractivity contribution < 1.29 is 15.3 Å². The molecule has 122 valence electrons. The molecule has 0 amide bonds. The number of aryl methyl sites for hydroxylation is 1. The highest BCUT2D eigenvalue weighted by Crippen LogP contribution is 2.61. The molecule has 0 heterocycles. The molecule has 0 radical (unpaired) electrons. The fourth-order valence-corrected chi connectivity index (χ4v) is 5.74. The van der Waals surface area contributed by atoms with E-state index in [-0.39, 0.29) is 17.3 Å². The first-order chi connectivity index (χ1) is 11.0. The second-order valence-electron chi connectivity index (χ2n) is 7.86. The summed E-state index contributed by atoms with van der Waals surface area (Å²) < 4.78 is 0. The van der Waals surface area contributed by atoms with Crippen molar-refractivity contribution in [3.05, 3.63) is 28.8 Å². The predicted octanol–water partition coefficient (Wildman–Crippen LogP) is 3.29. The van der Waals surface area contributed by atoms with Crippen molar-refractivity contribution in [2.45, 2.75) is 57.5 Å². The van der Waals surface area contributed by atoms with E-state index in [0.717, 1.165) is 38.5 Å². The molecule has 0 saturated heterocycles. The SMILES string of the molecule is C[C@]12CC[C@@H]3c4cc(C#CO)c(O)cc4CC[C@H]3[C@@H]1CC[C@@H]2O. The first-order valence-electron chi connectivity index (χ1n) is 8.73. The largest absolute Gasteiger partial charge is 0.507 e. The van der Waals surface area contributed by atoms with Crippen LogP contribution in [-0.4, -0.2) is 21.4 Å². The molecule has 0 unspecified atom stereocenters. The van der Waals surface area contributed by atoms with Crippen molar-refractivity contribution in [3.8, 4) is 17.8 Å². The maximum atomic E-state index is 10.4. The average Bonchev–Trinajstić information content (AvgIpc) is 2.84. The van der Waals surface area contributed by atoms with Gasteiger partial charge in [0.05, 0.1) is 11.7 Å². The second kappa shape index (κ2) is 5.18. The van der Waals surface area contributed by atoms with Gasteiger partial charge in [0.1, 0.15) is 11.9 Å². The van der Waals surface area contributed by atoms with Gasteiger partial charge in [-0.3, -0.25) is 0 Å². The van der Waals surface area contributed by atoms with Crippen molar-refractivity contribution in [1.29, 1.82) is 0 Å². The van der Waals surface area contributed by atoms with E-state index in [1.54, 1.807) is 0 Å². The molecule has 3 aliphatic rings. The number of phenols is 1. The summed E-state index contributed by atoms with van der Waals surface area (Å²) in [4.78, 5) is 0. The maximum Gasteiger partial charge on any atom is 0.131 e. The maximum absolute atomic E-state index is 10.4. The smallest absolute Gasteiger partial charge is 0.131 e. The molecule has 0 aromatic heterocycles. The highest BCUT2D eigenvalue weighted by atomic mass is 16.3. The molecule has 3 heteroatoms. The lowest BCUT2D eigenvalue weighted by Crippen LogP contribution is -2.43. The highest BCUT2D eigenvalue weighted by molar-refractivity contribution is 5.52. The Hall–Kier alpha value is -1.66. The van der Waals surface area contributed by atoms with Gasteiger partial charge in [0.25, 0.3) is 0 Å². The fourth-order valence-electron chi connectivity index (χ4n) is 5.74. The minimum absolute atomic E-state index is 0.0866. The van der Waals surface area contributed by atoms with Gasteiger partial charge >= 0.3 is 0 Å². The Morgan fingerprint density at radius 3 is 2.78 bits per heavy atom. The minimum Gasteiger partial charge on any atom is -0.507 e. The van der Waals surface area contributed by atoms with Gasteiger partial charge in [0, 0.05) is 0 Å². The van der Waals surface area contributed by atoms with Gasteiger partial charge in [-0.25, -0.2) is 0 Å². The van der Waals surface area contributed by atoms with Crippen LogP contribution in [0.5, 0.6) is 5.75 Å². The first kappa shape index (κ1) is 14.9. The summed E-state index contributed by atoms with van der Waals surface area (Å²) in [6, 6.07) is 3.82. The molecule has 3 nitrogen and oxygen atoms in total. The van der Waals surface area contributed by atoms with Crippen LogP contribution >= 0.6 is 0 Å². The van der Waals surface area contributed by atoms with Crippen molar-refractivity contribution in [2.24, 2.45) is 17.3 Å². The molecule has 2 saturated carbocycles. The molecule has 1 aromatic rings. The normalized spacial score (nSPS) is 38.0. The van der Waals surface area contributed by atoms with Crippen molar-refractivity contribution in [2.75, 3.05) is 0 Å². The van der Waals surface area contributed by atoms with Crippen LogP contribution in [0.25, 0.3) is 0 Å². The fraction of sp³-hybridized carbons (Fsp3) is 0.600. The van der Waals surface area contributed by atoms with E-state index in [9.17, 15) is 10.2 Å². The molecular weight excluding hydrogens is 288 g/mol. The lowest BCUT2D eigenvalue weighted by molar-refractivity contribution is -0.0226. The number of fused-ring (bicyclic) bond motifs is 5. The van der Waals surface area contributed by atoms with E-state index in [1.165, 1.54) is 11.1 Å². The van der Waals surface area contributed by atoms with Gasteiger partial charge in [0.15, 0.2) is 0 Å². The van der Waals surface area contributed by atoms with Gasteiger partial charge in [0.2, 0.25) is 0 Å². The van der Waals surface area contributed by atoms with Crippen molar-refractivity contribution in [3.63, 3.8) is 0 Å². The summed E-state index contributed by atoms with van der Waals surface area (Å²) in [5.41, 5.74) is 3.14. The molecule has 1 aromatic carbocycles. The molecule has 0 spiro atoms. The average molecular weight is 312 g/mol. The number of hydrogen-bond acceptors (Lipinski definition) is 3. The topological polar surface area (TPSA) is 60.7 Å². The van der Waals surface area contributed by atoms with Crippen LogP contribution in [-0.2, 0) is 6.42 Å². The molecule has 2 fully saturated rings. The second-order valence-corrected chi connectivity index (χ2v) is 7.86. The third kappa shape index (κ3) is 2.08. The lowest BCUT2D eigenvalue weighted by atomic mass is 9.55. The standard InChI is InChI=1S/C20H24O3/c1-20-8-6-14-15(17(20)4-5-19(20)23)3-2-12-11-18(22)13(7-9-21)10-16(12)14/h10-11,14-15,17,19,21-23H,2-6,8H2,1H3/t14-,15+,17-,19-,20-/m0/s1. The Kier molecular flexibility index (Phi) is 3.35. The zero-order chi connectivity index (χ0) is 16.2. The van der Waals surface area contributed by atoms with Gasteiger partial charge in [-0.05, 0) is 90.9 Å². The van der Waals surface area contributed by atoms with E-state index in [0.29, 0.717) is 23.3 Å². The Morgan fingerprint density at radius 1 is 1.17 bits per heavy atom. The Labute approximate surface area is 137 Å². The predicted molar refractivity (Wildman–Crippen MR) is 87.5 cm³/mol. The summed E-state index contributed by atoms with van der Waals surface area (Å²) >= 11 is 0. The molecule has 3 aliphatic carbocycles. The summed E-state index contributed by atoms with van der Waals surface area (Å²) in [5, 5.41) is 29.4. The number of rotatable bonds is 0. The zero-order valence-corrected chi connectivity index (χ0v) is 13.5. The number of aromatic hydroxyl groups is 1. The van der Waals surface area contributed by atoms with Crippen molar-refractivity contribution >= 4 is 0 Å². The Bertz CT molecular complexity index is 699. The van der Waals surface area contributed by atoms with Gasteiger partial charge in [-0.1, -0.05) is 6.92 Å². The lowest BCUT2D eigenvalue weighted by Gasteiger charge is -2.50. The minimum atomic E-state index is -0.148. The summed E-state index contributed by atoms with van der Waals surface area (Å²) in [6.45, 7) is 2.28. The first-order valence-corrected chi connectivity index (χ1v) is 8.73. The third-order valence-electron chi connectivity index (χ3n) is 6.98. The number of aliphatic hydroxyl groups is 2.